The Labute approximate surface area is 202 Å². The number of rotatable bonds is 6. The average molecular weight is 469 g/mol. The van der Waals surface area contributed by atoms with E-state index < -0.39 is 6.36 Å². The summed E-state index contributed by atoms with van der Waals surface area (Å²) in [5.41, 5.74) is 2.99. The van der Waals surface area contributed by atoms with Crippen LogP contribution in [0.4, 0.5) is 13.2 Å². The largest absolute Gasteiger partial charge is 0.573 e. The first-order chi connectivity index (χ1) is 16.4. The molecule has 2 aromatic rings. The van der Waals surface area contributed by atoms with Crippen molar-refractivity contribution >= 4 is 0 Å². The average Bonchev–Trinajstić information content (AvgIpc) is 2.83. The summed E-state index contributed by atoms with van der Waals surface area (Å²) in [4.78, 5) is 0. The van der Waals surface area contributed by atoms with Gasteiger partial charge in [-0.15, -0.1) is 13.2 Å². The second-order valence-electron chi connectivity index (χ2n) is 10.1. The third kappa shape index (κ3) is 7.05. The van der Waals surface area contributed by atoms with Gasteiger partial charge in [0, 0.05) is 11.1 Å². The summed E-state index contributed by atoms with van der Waals surface area (Å²) < 4.78 is 40.7. The van der Waals surface area contributed by atoms with Crippen LogP contribution in [-0.4, -0.2) is 6.36 Å². The van der Waals surface area contributed by atoms with Crippen molar-refractivity contribution in [1.82, 2.24) is 0 Å². The van der Waals surface area contributed by atoms with Crippen LogP contribution in [0.25, 0.3) is 0 Å². The van der Waals surface area contributed by atoms with Gasteiger partial charge in [0.25, 0.3) is 0 Å². The highest BCUT2D eigenvalue weighted by Gasteiger charge is 2.35. The molecule has 182 valence electrons. The molecule has 0 bridgehead atoms. The van der Waals surface area contributed by atoms with E-state index in [1.165, 1.54) is 81.9 Å². The number of hydrogen-bond donors (Lipinski definition) is 0. The van der Waals surface area contributed by atoms with E-state index in [4.69, 9.17) is 0 Å². The van der Waals surface area contributed by atoms with E-state index in [1.807, 2.05) is 0 Å². The van der Waals surface area contributed by atoms with Crippen molar-refractivity contribution in [3.63, 3.8) is 0 Å². The van der Waals surface area contributed by atoms with E-state index in [2.05, 4.69) is 47.8 Å². The first-order valence-electron chi connectivity index (χ1n) is 12.9. The van der Waals surface area contributed by atoms with E-state index in [9.17, 15) is 13.2 Å². The molecule has 1 nitrogen and oxygen atoms in total. The molecule has 4 rings (SSSR count). The molecule has 0 aliphatic heterocycles. The smallest absolute Gasteiger partial charge is 0.406 e. The van der Waals surface area contributed by atoms with E-state index in [0.717, 1.165) is 23.3 Å². The molecule has 2 aliphatic carbocycles. The standard InChI is InChI=1S/C30H35F3O/c1-2-3-4-5-24-10-15-28-21-27(17-16-26(28)20-24)25-13-8-22(9-14-25)6-7-23-11-18-29(19-12-23)34-30(31,32)33/h8-9,11-14,18-19,24,26-28H,2-5,10,15-17,20-21H2,1H3. The molecule has 2 aliphatic rings. The van der Waals surface area contributed by atoms with Crippen molar-refractivity contribution in [2.75, 3.05) is 0 Å². The quantitative estimate of drug-likeness (QED) is 0.304. The van der Waals surface area contributed by atoms with Gasteiger partial charge in [0.15, 0.2) is 0 Å². The summed E-state index contributed by atoms with van der Waals surface area (Å²) in [5.74, 6) is 9.36. The van der Waals surface area contributed by atoms with Gasteiger partial charge in [0.2, 0.25) is 0 Å². The Bertz CT molecular complexity index is 965. The molecule has 0 aromatic heterocycles. The van der Waals surface area contributed by atoms with Crippen molar-refractivity contribution in [2.45, 2.75) is 83.4 Å². The highest BCUT2D eigenvalue weighted by molar-refractivity contribution is 5.45. The number of ether oxygens (including phenoxy) is 1. The lowest BCUT2D eigenvalue weighted by atomic mass is 9.63. The molecular weight excluding hydrogens is 433 g/mol. The Balaban J connectivity index is 1.29. The molecule has 0 saturated heterocycles. The zero-order valence-electron chi connectivity index (χ0n) is 20.0. The molecule has 0 N–H and O–H groups in total. The van der Waals surface area contributed by atoms with E-state index in [1.54, 1.807) is 12.1 Å². The Hall–Kier alpha value is -2.41. The van der Waals surface area contributed by atoms with E-state index >= 15 is 0 Å². The number of alkyl halides is 3. The van der Waals surface area contributed by atoms with Crippen LogP contribution in [-0.2, 0) is 0 Å². The predicted octanol–water partition coefficient (Wildman–Crippen LogP) is 8.87. The normalized spacial score (nSPS) is 24.6. The fourth-order valence-corrected chi connectivity index (χ4v) is 5.96. The van der Waals surface area contributed by atoms with Gasteiger partial charge in [0.05, 0.1) is 0 Å². The maximum Gasteiger partial charge on any atom is 0.573 e. The summed E-state index contributed by atoms with van der Waals surface area (Å²) in [7, 11) is 0. The SMILES string of the molecule is CCCCCC1CCC2CC(c3ccc(C#Cc4ccc(OC(F)(F)F)cc4)cc3)CCC2C1. The van der Waals surface area contributed by atoms with Crippen molar-refractivity contribution in [2.24, 2.45) is 17.8 Å². The van der Waals surface area contributed by atoms with Crippen LogP contribution in [0, 0.1) is 29.6 Å². The van der Waals surface area contributed by atoms with Gasteiger partial charge in [-0.1, -0.05) is 63.0 Å². The Morgan fingerprint density at radius 1 is 0.794 bits per heavy atom. The second kappa shape index (κ2) is 11.3. The monoisotopic (exact) mass is 468 g/mol. The molecule has 2 aromatic carbocycles. The first kappa shape index (κ1) is 24.7. The fourth-order valence-electron chi connectivity index (χ4n) is 5.96. The number of hydrogen-bond acceptors (Lipinski definition) is 1. The maximum absolute atomic E-state index is 12.3. The van der Waals surface area contributed by atoms with Crippen molar-refractivity contribution < 1.29 is 17.9 Å². The molecule has 4 unspecified atom stereocenters. The molecule has 4 heteroatoms. The second-order valence-corrected chi connectivity index (χ2v) is 10.1. The van der Waals surface area contributed by atoms with Crippen molar-refractivity contribution in [3.05, 3.63) is 65.2 Å². The lowest BCUT2D eigenvalue weighted by Gasteiger charge is -2.42. The summed E-state index contributed by atoms with van der Waals surface area (Å²) in [6.07, 6.45) is 9.15. The molecule has 34 heavy (non-hydrogen) atoms. The van der Waals surface area contributed by atoms with Gasteiger partial charge in [-0.25, -0.2) is 0 Å². The summed E-state index contributed by atoms with van der Waals surface area (Å²) in [5, 5.41) is 0. The fraction of sp³-hybridized carbons (Fsp3) is 0.533. The van der Waals surface area contributed by atoms with Crippen LogP contribution in [0.3, 0.4) is 0 Å². The minimum atomic E-state index is -4.68. The van der Waals surface area contributed by atoms with Gasteiger partial charge in [-0.05, 0) is 97.7 Å². The van der Waals surface area contributed by atoms with Gasteiger partial charge in [-0.3, -0.25) is 0 Å². The molecule has 4 atom stereocenters. The minimum absolute atomic E-state index is 0.234. The Morgan fingerprint density at radius 2 is 1.41 bits per heavy atom. The number of fused-ring (bicyclic) bond motifs is 1. The lowest BCUT2D eigenvalue weighted by molar-refractivity contribution is -0.274. The zero-order chi connectivity index (χ0) is 24.0. The molecular formula is C30H35F3O. The Morgan fingerprint density at radius 3 is 2.06 bits per heavy atom. The molecule has 0 heterocycles. The lowest BCUT2D eigenvalue weighted by Crippen LogP contribution is -2.30. The summed E-state index contributed by atoms with van der Waals surface area (Å²) in [6, 6.07) is 14.2. The van der Waals surface area contributed by atoms with Crippen LogP contribution in [0.1, 0.15) is 93.7 Å². The zero-order valence-corrected chi connectivity index (χ0v) is 20.0. The number of benzene rings is 2. The first-order valence-corrected chi connectivity index (χ1v) is 12.9. The van der Waals surface area contributed by atoms with Crippen LogP contribution in [0.5, 0.6) is 5.75 Å². The number of unbranched alkanes of at least 4 members (excludes halogenated alkanes) is 2. The van der Waals surface area contributed by atoms with Gasteiger partial charge < -0.3 is 4.74 Å². The van der Waals surface area contributed by atoms with Gasteiger partial charge in [0.1, 0.15) is 5.75 Å². The van der Waals surface area contributed by atoms with Crippen LogP contribution < -0.4 is 4.74 Å². The van der Waals surface area contributed by atoms with Gasteiger partial charge >= 0.3 is 6.36 Å². The summed E-state index contributed by atoms with van der Waals surface area (Å²) >= 11 is 0. The van der Waals surface area contributed by atoms with Crippen molar-refractivity contribution in [3.8, 4) is 17.6 Å². The number of halogens is 3. The van der Waals surface area contributed by atoms with E-state index in [0.29, 0.717) is 11.5 Å². The van der Waals surface area contributed by atoms with Crippen LogP contribution >= 0.6 is 0 Å². The summed E-state index contributed by atoms with van der Waals surface area (Å²) in [6.45, 7) is 2.29. The Kier molecular flexibility index (Phi) is 8.24. The third-order valence-corrected chi connectivity index (χ3v) is 7.76. The van der Waals surface area contributed by atoms with Gasteiger partial charge in [-0.2, -0.15) is 0 Å². The molecule has 0 radical (unpaired) electrons. The highest BCUT2D eigenvalue weighted by Crippen LogP contribution is 2.48. The molecule has 0 amide bonds. The third-order valence-electron chi connectivity index (χ3n) is 7.76. The minimum Gasteiger partial charge on any atom is -0.406 e. The molecule has 0 spiro atoms. The van der Waals surface area contributed by atoms with Crippen molar-refractivity contribution in [1.29, 1.82) is 0 Å². The van der Waals surface area contributed by atoms with Crippen LogP contribution in [0.15, 0.2) is 48.5 Å². The predicted molar refractivity (Wildman–Crippen MR) is 131 cm³/mol. The topological polar surface area (TPSA) is 9.23 Å². The van der Waals surface area contributed by atoms with E-state index in [-0.39, 0.29) is 5.75 Å². The molecule has 2 saturated carbocycles. The highest BCUT2D eigenvalue weighted by atomic mass is 19.4. The maximum atomic E-state index is 12.3. The molecule has 2 fully saturated rings. The van der Waals surface area contributed by atoms with Crippen LogP contribution in [0.2, 0.25) is 0 Å².